The van der Waals surface area contributed by atoms with Crippen molar-refractivity contribution in [3.63, 3.8) is 0 Å². The van der Waals surface area contributed by atoms with E-state index in [1.54, 1.807) is 0 Å². The van der Waals surface area contributed by atoms with Gasteiger partial charge in [0.05, 0.1) is 0 Å². The SMILES string of the molecule is CCCC1=C(CC)C(=O)CC(C)(CCC)C1.CCCCCC1(C)CC(=O)C(CC)=C(CCC)C1.CCCCCC1=C(CCCC)C(=O)CC(C)(CCC)C1.CCCCCC1=C(CCCC)C(=O)CC(C)(CCCCC)C1. The Morgan fingerprint density at radius 2 is 0.513 bits per heavy atom. The van der Waals surface area contributed by atoms with E-state index in [1.807, 2.05) is 0 Å². The first-order valence-corrected chi connectivity index (χ1v) is 33.2. The molecule has 4 heteroatoms. The summed E-state index contributed by atoms with van der Waals surface area (Å²) in [4.78, 5) is 49.8. The normalized spacial score (nSPS) is 24.1. The minimum atomic E-state index is 0.239. The lowest BCUT2D eigenvalue weighted by atomic mass is 9.68. The molecule has 4 aliphatic carbocycles. The number of Topliss-reactive ketones (excluding diaryl/α,β-unsaturated/α-hetero) is 4. The molecule has 4 unspecified atom stereocenters. The first-order chi connectivity index (χ1) is 36.2. The number of ketones is 4. The highest BCUT2D eigenvalue weighted by Crippen LogP contribution is 2.47. The maximum Gasteiger partial charge on any atom is 0.159 e. The van der Waals surface area contributed by atoms with Gasteiger partial charge in [-0.15, -0.1) is 0 Å². The zero-order chi connectivity index (χ0) is 57.2. The first-order valence-electron chi connectivity index (χ1n) is 33.2. The molecule has 0 aromatic carbocycles. The third-order valence-corrected chi connectivity index (χ3v) is 18.0. The van der Waals surface area contributed by atoms with Crippen LogP contribution >= 0.6 is 0 Å². The number of rotatable bonds is 32. The van der Waals surface area contributed by atoms with Crippen LogP contribution < -0.4 is 0 Å². The molecule has 0 saturated heterocycles. The highest BCUT2D eigenvalue weighted by molar-refractivity contribution is 5.99. The molecule has 0 aromatic heterocycles. The Bertz CT molecular complexity index is 1830. The van der Waals surface area contributed by atoms with Crippen molar-refractivity contribution in [2.75, 3.05) is 0 Å². The number of carbonyl (C=O) groups excluding carboxylic acids is 4. The Morgan fingerprint density at radius 3 is 0.776 bits per heavy atom. The quantitative estimate of drug-likeness (QED) is 0.0630. The lowest BCUT2D eigenvalue weighted by molar-refractivity contribution is -0.119. The number of carbonyl (C=O) groups is 4. The van der Waals surface area contributed by atoms with Crippen molar-refractivity contribution < 1.29 is 19.2 Å². The standard InChI is InChI=1S/C21H38O.C19H34O.C17H30O.C15H26O/c1-5-8-11-13-18-16-21(4,15-12-9-6-2)17-20(22)19(18)14-10-7-3;1-5-8-10-11-16-14-19(4,13-7-3)15-18(20)17(16)12-9-6-2;1-5-8-9-11-17(4)12-14(10-6-2)15(7-3)16(18)13-17;1-5-8-12-10-15(4,9-6-2)11-14(16)13(12)7-3/h5-17H2,1-4H3;5-15H2,1-4H3;5-13H2,1-4H3;5-11H2,1-4H3. The van der Waals surface area contributed by atoms with Gasteiger partial charge in [0.25, 0.3) is 0 Å². The van der Waals surface area contributed by atoms with E-state index in [9.17, 15) is 19.2 Å². The van der Waals surface area contributed by atoms with E-state index in [1.165, 1.54) is 200 Å². The largest absolute Gasteiger partial charge is 0.295 e. The van der Waals surface area contributed by atoms with Crippen molar-refractivity contribution in [2.24, 2.45) is 21.7 Å². The second kappa shape index (κ2) is 39.1. The van der Waals surface area contributed by atoms with Gasteiger partial charge in [0.2, 0.25) is 0 Å². The zero-order valence-electron chi connectivity index (χ0n) is 53.9. The molecule has 0 bridgehead atoms. The molecule has 4 nitrogen and oxygen atoms in total. The van der Waals surface area contributed by atoms with Gasteiger partial charge in [-0.3, -0.25) is 19.2 Å². The molecule has 0 fully saturated rings. The Labute approximate surface area is 474 Å². The number of hydrogen-bond donors (Lipinski definition) is 0. The highest BCUT2D eigenvalue weighted by atomic mass is 16.1. The summed E-state index contributed by atoms with van der Waals surface area (Å²) in [5.41, 5.74) is 11.7. The molecule has 0 saturated carbocycles. The molecule has 4 atom stereocenters. The molecule has 0 heterocycles. The van der Waals surface area contributed by atoms with Gasteiger partial charge < -0.3 is 0 Å². The van der Waals surface area contributed by atoms with Crippen molar-refractivity contribution in [3.8, 4) is 0 Å². The van der Waals surface area contributed by atoms with E-state index >= 15 is 0 Å². The van der Waals surface area contributed by atoms with Crippen LogP contribution in [0, 0.1) is 21.7 Å². The molecule has 0 N–H and O–H groups in total. The van der Waals surface area contributed by atoms with Crippen molar-refractivity contribution in [1.82, 2.24) is 0 Å². The molecule has 4 aliphatic rings. The van der Waals surface area contributed by atoms with Gasteiger partial charge in [-0.1, -0.05) is 236 Å². The first kappa shape index (κ1) is 71.7. The summed E-state index contributed by atoms with van der Waals surface area (Å²) in [5.74, 6) is 1.80. The van der Waals surface area contributed by atoms with Gasteiger partial charge in [0, 0.05) is 25.7 Å². The summed E-state index contributed by atoms with van der Waals surface area (Å²) in [5, 5.41) is 0. The van der Waals surface area contributed by atoms with Crippen molar-refractivity contribution >= 4 is 23.1 Å². The minimum Gasteiger partial charge on any atom is -0.295 e. The monoisotopic (exact) mass is 1060 g/mol. The van der Waals surface area contributed by atoms with Gasteiger partial charge in [-0.05, 0) is 172 Å². The lowest BCUT2D eigenvalue weighted by Crippen LogP contribution is -2.28. The molecule has 0 radical (unpaired) electrons. The maximum absolute atomic E-state index is 12.7. The van der Waals surface area contributed by atoms with E-state index in [0.717, 1.165) is 101 Å². The second-order valence-electron chi connectivity index (χ2n) is 26.4. The number of allylic oxidation sites excluding steroid dienone is 8. The fourth-order valence-electron chi connectivity index (χ4n) is 14.0. The van der Waals surface area contributed by atoms with Gasteiger partial charge in [0.15, 0.2) is 23.1 Å². The smallest absolute Gasteiger partial charge is 0.159 e. The molecule has 0 spiro atoms. The summed E-state index contributed by atoms with van der Waals surface area (Å²) in [6.07, 6.45) is 45.9. The maximum atomic E-state index is 12.7. The average Bonchev–Trinajstić information content (AvgIpc) is 3.34. The average molecular weight is 1060 g/mol. The van der Waals surface area contributed by atoms with Crippen LogP contribution in [0.25, 0.3) is 0 Å². The topological polar surface area (TPSA) is 68.3 Å². The van der Waals surface area contributed by atoms with E-state index in [2.05, 4.69) is 111 Å². The third-order valence-electron chi connectivity index (χ3n) is 18.0. The van der Waals surface area contributed by atoms with Gasteiger partial charge in [0.1, 0.15) is 0 Å². The van der Waals surface area contributed by atoms with Crippen LogP contribution in [0.1, 0.15) is 368 Å². The van der Waals surface area contributed by atoms with E-state index in [4.69, 9.17) is 0 Å². The van der Waals surface area contributed by atoms with Crippen LogP contribution in [0.3, 0.4) is 0 Å². The molecule has 0 amide bonds. The predicted octanol–water partition coefficient (Wildman–Crippen LogP) is 23.3. The number of unbranched alkanes of at least 4 members (excludes halogenated alkanes) is 10. The van der Waals surface area contributed by atoms with Crippen LogP contribution in [0.15, 0.2) is 44.6 Å². The summed E-state index contributed by atoms with van der Waals surface area (Å²) in [7, 11) is 0. The summed E-state index contributed by atoms with van der Waals surface area (Å²) < 4.78 is 0. The second-order valence-corrected chi connectivity index (χ2v) is 26.4. The van der Waals surface area contributed by atoms with Crippen LogP contribution in [-0.2, 0) is 19.2 Å². The Balaban J connectivity index is 0.000000510. The molecule has 0 aromatic rings. The van der Waals surface area contributed by atoms with Crippen molar-refractivity contribution in [2.45, 2.75) is 368 Å². The highest BCUT2D eigenvalue weighted by Gasteiger charge is 2.38. The van der Waals surface area contributed by atoms with E-state index in [-0.39, 0.29) is 21.7 Å². The fourth-order valence-corrected chi connectivity index (χ4v) is 14.0. The van der Waals surface area contributed by atoms with E-state index < -0.39 is 0 Å². The van der Waals surface area contributed by atoms with Crippen LogP contribution in [0.4, 0.5) is 0 Å². The fraction of sp³-hybridized carbons (Fsp3) is 0.833. The Hall–Kier alpha value is -2.36. The molecule has 440 valence electrons. The Morgan fingerprint density at radius 1 is 0.250 bits per heavy atom. The molecule has 0 aliphatic heterocycles. The van der Waals surface area contributed by atoms with Crippen molar-refractivity contribution in [1.29, 1.82) is 0 Å². The summed E-state index contributed by atoms with van der Waals surface area (Å²) >= 11 is 0. The molecule has 76 heavy (non-hydrogen) atoms. The minimum absolute atomic E-state index is 0.239. The van der Waals surface area contributed by atoms with Gasteiger partial charge in [-0.2, -0.15) is 0 Å². The van der Waals surface area contributed by atoms with Crippen LogP contribution in [0.5, 0.6) is 0 Å². The van der Waals surface area contributed by atoms with Gasteiger partial charge >= 0.3 is 0 Å². The summed E-state index contributed by atoms with van der Waals surface area (Å²) in [6, 6.07) is 0. The zero-order valence-corrected chi connectivity index (χ0v) is 53.9. The molecule has 4 rings (SSSR count). The Kier molecular flexibility index (Phi) is 36.9. The van der Waals surface area contributed by atoms with Crippen LogP contribution in [0.2, 0.25) is 0 Å². The molecular formula is C72H128O4. The van der Waals surface area contributed by atoms with Gasteiger partial charge in [-0.25, -0.2) is 0 Å². The summed E-state index contributed by atoms with van der Waals surface area (Å²) in [6.45, 7) is 35.9. The number of hydrogen-bond acceptors (Lipinski definition) is 4. The van der Waals surface area contributed by atoms with E-state index in [0.29, 0.717) is 23.1 Å². The lowest BCUT2D eigenvalue weighted by Gasteiger charge is -2.36. The molecular weight excluding hydrogens is 929 g/mol. The van der Waals surface area contributed by atoms with Crippen LogP contribution in [-0.4, -0.2) is 23.1 Å². The third kappa shape index (κ3) is 25.8. The predicted molar refractivity (Wildman–Crippen MR) is 333 cm³/mol. The van der Waals surface area contributed by atoms with Crippen molar-refractivity contribution in [3.05, 3.63) is 44.6 Å².